The van der Waals surface area contributed by atoms with Gasteiger partial charge in [0, 0.05) is 19.0 Å². The molecular weight excluding hydrogens is 229 g/mol. The van der Waals surface area contributed by atoms with E-state index in [1.54, 1.807) is 13.0 Å². The first-order valence-corrected chi connectivity index (χ1v) is 6.03. The van der Waals surface area contributed by atoms with Crippen molar-refractivity contribution in [1.29, 1.82) is 0 Å². The second kappa shape index (κ2) is 4.90. The summed E-state index contributed by atoms with van der Waals surface area (Å²) in [7, 11) is 1.97. The summed E-state index contributed by atoms with van der Waals surface area (Å²) in [5.41, 5.74) is 9.19. The highest BCUT2D eigenvalue weighted by Crippen LogP contribution is 2.25. The second-order valence-electron chi connectivity index (χ2n) is 4.52. The molecule has 0 aliphatic rings. The lowest BCUT2D eigenvalue weighted by Crippen LogP contribution is -2.08. The average Bonchev–Trinajstić information content (AvgIpc) is 2.59. The van der Waals surface area contributed by atoms with Crippen LogP contribution in [0.15, 0.2) is 18.2 Å². The van der Waals surface area contributed by atoms with Crippen LogP contribution in [0.1, 0.15) is 17.1 Å². The Kier molecular flexibility index (Phi) is 3.48. The number of imidazole rings is 1. The number of nitrogens with two attached hydrogens (primary N) is 1. The predicted molar refractivity (Wildman–Crippen MR) is 70.8 cm³/mol. The number of aromatic nitrogens is 2. The van der Waals surface area contributed by atoms with Gasteiger partial charge < -0.3 is 10.3 Å². The van der Waals surface area contributed by atoms with E-state index in [9.17, 15) is 4.39 Å². The summed E-state index contributed by atoms with van der Waals surface area (Å²) in [6, 6.07) is 5.14. The van der Waals surface area contributed by atoms with E-state index in [2.05, 4.69) is 4.98 Å². The van der Waals surface area contributed by atoms with Gasteiger partial charge in [0.05, 0.1) is 11.4 Å². The molecule has 0 atom stereocenters. The van der Waals surface area contributed by atoms with Crippen LogP contribution >= 0.6 is 0 Å². The molecule has 0 amide bonds. The van der Waals surface area contributed by atoms with Crippen LogP contribution in [-0.2, 0) is 13.5 Å². The van der Waals surface area contributed by atoms with Crippen molar-refractivity contribution in [2.45, 2.75) is 20.3 Å². The maximum Gasteiger partial charge on any atom is 0.126 e. The summed E-state index contributed by atoms with van der Waals surface area (Å²) in [5.74, 6) is 0.785. The maximum atomic E-state index is 13.3. The molecule has 0 fully saturated rings. The van der Waals surface area contributed by atoms with Crippen molar-refractivity contribution in [3.63, 3.8) is 0 Å². The Bertz CT molecular complexity index is 573. The molecule has 2 aromatic rings. The zero-order chi connectivity index (χ0) is 13.3. The Labute approximate surface area is 106 Å². The number of hydrogen-bond donors (Lipinski definition) is 1. The van der Waals surface area contributed by atoms with E-state index in [4.69, 9.17) is 5.73 Å². The molecule has 3 nitrogen and oxygen atoms in total. The van der Waals surface area contributed by atoms with Crippen molar-refractivity contribution in [3.05, 3.63) is 41.1 Å². The molecule has 0 bridgehead atoms. The average molecular weight is 247 g/mol. The zero-order valence-corrected chi connectivity index (χ0v) is 11.0. The summed E-state index contributed by atoms with van der Waals surface area (Å²) in [6.07, 6.45) is 0.748. The van der Waals surface area contributed by atoms with E-state index < -0.39 is 0 Å². The second-order valence-corrected chi connectivity index (χ2v) is 4.52. The smallest absolute Gasteiger partial charge is 0.126 e. The van der Waals surface area contributed by atoms with Gasteiger partial charge in [0.2, 0.25) is 0 Å². The SMILES string of the molecule is Cc1cc(-c2c(C)nc(CCN)n2C)ccc1F. The summed E-state index contributed by atoms with van der Waals surface area (Å²) in [5, 5.41) is 0. The molecule has 18 heavy (non-hydrogen) atoms. The molecule has 0 aliphatic heterocycles. The first kappa shape index (κ1) is 12.8. The highest BCUT2D eigenvalue weighted by atomic mass is 19.1. The number of hydrogen-bond acceptors (Lipinski definition) is 2. The van der Waals surface area contributed by atoms with Crippen LogP contribution in [-0.4, -0.2) is 16.1 Å². The van der Waals surface area contributed by atoms with Crippen LogP contribution in [0.5, 0.6) is 0 Å². The topological polar surface area (TPSA) is 43.8 Å². The molecule has 2 rings (SSSR count). The van der Waals surface area contributed by atoms with Crippen molar-refractivity contribution in [2.75, 3.05) is 6.54 Å². The van der Waals surface area contributed by atoms with Crippen LogP contribution in [0.4, 0.5) is 4.39 Å². The Morgan fingerprint density at radius 2 is 2.06 bits per heavy atom. The van der Waals surface area contributed by atoms with Crippen molar-refractivity contribution in [2.24, 2.45) is 12.8 Å². The molecule has 0 unspecified atom stereocenters. The largest absolute Gasteiger partial charge is 0.331 e. The number of rotatable bonds is 3. The third kappa shape index (κ3) is 2.16. The monoisotopic (exact) mass is 247 g/mol. The molecule has 1 aromatic heterocycles. The van der Waals surface area contributed by atoms with Gasteiger partial charge in [-0.3, -0.25) is 0 Å². The standard InChI is InChI=1S/C14H18FN3/c1-9-8-11(4-5-12(9)15)14-10(2)17-13(6-7-16)18(14)3/h4-5,8H,6-7,16H2,1-3H3. The van der Waals surface area contributed by atoms with Gasteiger partial charge in [0.1, 0.15) is 11.6 Å². The third-order valence-corrected chi connectivity index (χ3v) is 3.16. The molecule has 96 valence electrons. The zero-order valence-electron chi connectivity index (χ0n) is 11.0. The molecule has 2 N–H and O–H groups in total. The van der Waals surface area contributed by atoms with E-state index in [0.717, 1.165) is 29.2 Å². The van der Waals surface area contributed by atoms with Crippen LogP contribution < -0.4 is 5.73 Å². The Balaban J connectivity index is 2.53. The lowest BCUT2D eigenvalue weighted by atomic mass is 10.1. The Hall–Kier alpha value is -1.68. The molecule has 1 heterocycles. The fourth-order valence-electron chi connectivity index (χ4n) is 2.24. The quantitative estimate of drug-likeness (QED) is 0.904. The Morgan fingerprint density at radius 3 is 2.67 bits per heavy atom. The summed E-state index contributed by atoms with van der Waals surface area (Å²) < 4.78 is 15.3. The summed E-state index contributed by atoms with van der Waals surface area (Å²) >= 11 is 0. The molecule has 1 aromatic carbocycles. The fourth-order valence-corrected chi connectivity index (χ4v) is 2.24. The normalized spacial score (nSPS) is 10.9. The maximum absolute atomic E-state index is 13.3. The van der Waals surface area contributed by atoms with Crippen molar-refractivity contribution in [3.8, 4) is 11.3 Å². The molecule has 0 saturated carbocycles. The van der Waals surface area contributed by atoms with E-state index in [-0.39, 0.29) is 5.82 Å². The van der Waals surface area contributed by atoms with Crippen LogP contribution in [0.3, 0.4) is 0 Å². The molecule has 0 aliphatic carbocycles. The van der Waals surface area contributed by atoms with Gasteiger partial charge in [-0.15, -0.1) is 0 Å². The van der Waals surface area contributed by atoms with Gasteiger partial charge in [-0.05, 0) is 44.2 Å². The van der Waals surface area contributed by atoms with Crippen molar-refractivity contribution >= 4 is 0 Å². The lowest BCUT2D eigenvalue weighted by molar-refractivity contribution is 0.618. The highest BCUT2D eigenvalue weighted by molar-refractivity contribution is 5.63. The minimum atomic E-state index is -0.180. The van der Waals surface area contributed by atoms with Gasteiger partial charge in [-0.25, -0.2) is 9.37 Å². The molecular formula is C14H18FN3. The highest BCUT2D eigenvalue weighted by Gasteiger charge is 2.13. The minimum absolute atomic E-state index is 0.180. The van der Waals surface area contributed by atoms with Crippen LogP contribution in [0.2, 0.25) is 0 Å². The molecule has 0 saturated heterocycles. The summed E-state index contributed by atoms with van der Waals surface area (Å²) in [6.45, 7) is 4.31. The molecule has 4 heteroatoms. The number of halogens is 1. The van der Waals surface area contributed by atoms with Crippen LogP contribution in [0, 0.1) is 19.7 Å². The van der Waals surface area contributed by atoms with Gasteiger partial charge in [-0.2, -0.15) is 0 Å². The van der Waals surface area contributed by atoms with E-state index in [0.29, 0.717) is 12.1 Å². The molecule has 0 spiro atoms. The predicted octanol–water partition coefficient (Wildman–Crippen LogP) is 2.34. The molecule has 0 radical (unpaired) electrons. The van der Waals surface area contributed by atoms with Gasteiger partial charge in [-0.1, -0.05) is 0 Å². The first-order chi connectivity index (χ1) is 8.54. The van der Waals surface area contributed by atoms with E-state index >= 15 is 0 Å². The fraction of sp³-hybridized carbons (Fsp3) is 0.357. The first-order valence-electron chi connectivity index (χ1n) is 6.03. The van der Waals surface area contributed by atoms with Gasteiger partial charge in [0.25, 0.3) is 0 Å². The van der Waals surface area contributed by atoms with Crippen LogP contribution in [0.25, 0.3) is 11.3 Å². The number of aryl methyl sites for hydroxylation is 2. The van der Waals surface area contributed by atoms with Crippen molar-refractivity contribution in [1.82, 2.24) is 9.55 Å². The third-order valence-electron chi connectivity index (χ3n) is 3.16. The number of benzene rings is 1. The Morgan fingerprint density at radius 1 is 1.33 bits per heavy atom. The summed E-state index contributed by atoms with van der Waals surface area (Å²) in [4.78, 5) is 4.52. The van der Waals surface area contributed by atoms with Gasteiger partial charge in [0.15, 0.2) is 0 Å². The minimum Gasteiger partial charge on any atom is -0.331 e. The number of nitrogens with zero attached hydrogens (tertiary/aromatic N) is 2. The van der Waals surface area contributed by atoms with E-state index in [1.807, 2.05) is 24.6 Å². The van der Waals surface area contributed by atoms with Crippen molar-refractivity contribution < 1.29 is 4.39 Å². The van der Waals surface area contributed by atoms with Gasteiger partial charge >= 0.3 is 0 Å². The lowest BCUT2D eigenvalue weighted by Gasteiger charge is -2.07. The van der Waals surface area contributed by atoms with E-state index in [1.165, 1.54) is 6.07 Å².